The van der Waals surface area contributed by atoms with Gasteiger partial charge in [-0.05, 0) is 29.5 Å². The fourth-order valence-corrected chi connectivity index (χ4v) is 3.69. The second-order valence-electron chi connectivity index (χ2n) is 5.69. The minimum Gasteiger partial charge on any atom is -0.355 e. The van der Waals surface area contributed by atoms with Crippen molar-refractivity contribution in [3.8, 4) is 0 Å². The molecule has 0 aliphatic carbocycles. The Morgan fingerprint density at radius 2 is 2.30 bits per heavy atom. The van der Waals surface area contributed by atoms with Crippen LogP contribution in [-0.4, -0.2) is 47.3 Å². The molecule has 2 N–H and O–H groups in total. The quantitative estimate of drug-likeness (QED) is 0.638. The molecule has 0 aromatic carbocycles. The van der Waals surface area contributed by atoms with E-state index >= 15 is 0 Å². The Bertz CT molecular complexity index is 659. The highest BCUT2D eigenvalue weighted by molar-refractivity contribution is 7.10. The van der Waals surface area contributed by atoms with Crippen LogP contribution >= 0.6 is 11.3 Å². The van der Waals surface area contributed by atoms with Gasteiger partial charge in [0.2, 0.25) is 0 Å². The normalized spacial score (nSPS) is 15.5. The first-order valence-electron chi connectivity index (χ1n) is 7.95. The van der Waals surface area contributed by atoms with E-state index in [-0.39, 0.29) is 0 Å². The Hall–Kier alpha value is -1.86. The smallest absolute Gasteiger partial charge is 0.191 e. The van der Waals surface area contributed by atoms with Gasteiger partial charge < -0.3 is 10.6 Å². The Labute approximate surface area is 141 Å². The monoisotopic (exact) mass is 332 g/mol. The zero-order valence-corrected chi connectivity index (χ0v) is 14.6. The average Bonchev–Trinajstić information content (AvgIpc) is 3.19. The third-order valence-corrected chi connectivity index (χ3v) is 5.21. The fourth-order valence-electron chi connectivity index (χ4n) is 2.80. The molecule has 1 aliphatic heterocycles. The number of nitrogens with one attached hydrogen (secondary N) is 2. The van der Waals surface area contributed by atoms with Crippen LogP contribution in [0.4, 0.5) is 0 Å². The fraction of sp³-hybridized carbons (Fsp3) is 0.500. The van der Waals surface area contributed by atoms with Crippen LogP contribution < -0.4 is 10.6 Å². The summed E-state index contributed by atoms with van der Waals surface area (Å²) in [6.45, 7) is 4.86. The first-order valence-corrected chi connectivity index (χ1v) is 8.83. The van der Waals surface area contributed by atoms with Crippen LogP contribution in [0, 0.1) is 0 Å². The van der Waals surface area contributed by atoms with Gasteiger partial charge in [0, 0.05) is 51.3 Å². The molecule has 2 aromatic rings. The van der Waals surface area contributed by atoms with Gasteiger partial charge in [0.15, 0.2) is 5.96 Å². The van der Waals surface area contributed by atoms with Crippen LogP contribution in [0.5, 0.6) is 0 Å². The summed E-state index contributed by atoms with van der Waals surface area (Å²) in [4.78, 5) is 8.33. The third kappa shape index (κ3) is 4.11. The van der Waals surface area contributed by atoms with Crippen molar-refractivity contribution >= 4 is 17.3 Å². The van der Waals surface area contributed by atoms with Gasteiger partial charge in [-0.3, -0.25) is 14.6 Å². The molecule has 2 aromatic heterocycles. The summed E-state index contributed by atoms with van der Waals surface area (Å²) in [6.07, 6.45) is 2.99. The summed E-state index contributed by atoms with van der Waals surface area (Å²) >= 11 is 1.89. The van der Waals surface area contributed by atoms with Crippen molar-refractivity contribution in [2.75, 3.05) is 26.7 Å². The number of aryl methyl sites for hydroxylation is 1. The predicted molar refractivity (Wildman–Crippen MR) is 94.7 cm³/mol. The second-order valence-corrected chi connectivity index (χ2v) is 6.69. The van der Waals surface area contributed by atoms with Crippen LogP contribution in [0.1, 0.15) is 16.1 Å². The lowest BCUT2D eigenvalue weighted by molar-refractivity contribution is 0.260. The first kappa shape index (κ1) is 16.0. The van der Waals surface area contributed by atoms with Gasteiger partial charge in [-0.1, -0.05) is 0 Å². The van der Waals surface area contributed by atoms with Crippen molar-refractivity contribution in [1.82, 2.24) is 25.3 Å². The summed E-state index contributed by atoms with van der Waals surface area (Å²) < 4.78 is 1.87. The highest BCUT2D eigenvalue weighted by Gasteiger charge is 2.16. The Kier molecular flexibility index (Phi) is 5.30. The van der Waals surface area contributed by atoms with E-state index in [1.807, 2.05) is 35.3 Å². The highest BCUT2D eigenvalue weighted by Crippen LogP contribution is 2.23. The zero-order valence-electron chi connectivity index (χ0n) is 13.7. The standard InChI is InChI=1S/C16H24N6S/c1-17-16(19-11-14-3-6-20-21(14)2)18-7-9-22-8-4-15-13(12-22)5-10-23-15/h3,5-6,10H,4,7-9,11-12H2,1-2H3,(H2,17,18,19). The molecular formula is C16H24N6S. The van der Waals surface area contributed by atoms with Crippen molar-refractivity contribution in [2.24, 2.45) is 12.0 Å². The van der Waals surface area contributed by atoms with E-state index in [1.165, 1.54) is 12.0 Å². The molecule has 6 nitrogen and oxygen atoms in total. The SMILES string of the molecule is CN=C(NCCN1CCc2sccc2C1)NCc1ccnn1C. The molecule has 0 unspecified atom stereocenters. The molecule has 0 fully saturated rings. The topological polar surface area (TPSA) is 57.5 Å². The Morgan fingerprint density at radius 1 is 1.39 bits per heavy atom. The number of hydrogen-bond donors (Lipinski definition) is 2. The molecule has 0 radical (unpaired) electrons. The van der Waals surface area contributed by atoms with E-state index in [2.05, 4.69) is 37.1 Å². The second kappa shape index (κ2) is 7.61. The van der Waals surface area contributed by atoms with Crippen molar-refractivity contribution in [1.29, 1.82) is 0 Å². The molecule has 124 valence electrons. The molecular weight excluding hydrogens is 308 g/mol. The molecule has 0 amide bonds. The summed E-state index contributed by atoms with van der Waals surface area (Å²) in [7, 11) is 3.75. The molecule has 0 saturated heterocycles. The number of aliphatic imine (C=N–C) groups is 1. The van der Waals surface area contributed by atoms with E-state index in [0.29, 0.717) is 0 Å². The first-order chi connectivity index (χ1) is 11.3. The van der Waals surface area contributed by atoms with Crippen LogP contribution in [0.15, 0.2) is 28.7 Å². The molecule has 0 bridgehead atoms. The number of hydrogen-bond acceptors (Lipinski definition) is 4. The highest BCUT2D eigenvalue weighted by atomic mass is 32.1. The van der Waals surface area contributed by atoms with Gasteiger partial charge in [0.25, 0.3) is 0 Å². The summed E-state index contributed by atoms with van der Waals surface area (Å²) in [5, 5.41) is 13.1. The summed E-state index contributed by atoms with van der Waals surface area (Å²) in [5.41, 5.74) is 2.63. The largest absolute Gasteiger partial charge is 0.355 e. The van der Waals surface area contributed by atoms with Crippen molar-refractivity contribution in [3.05, 3.63) is 39.8 Å². The maximum atomic E-state index is 4.28. The number of aromatic nitrogens is 2. The number of rotatable bonds is 5. The maximum Gasteiger partial charge on any atom is 0.191 e. The minimum absolute atomic E-state index is 0.720. The maximum absolute atomic E-state index is 4.28. The molecule has 3 rings (SSSR count). The number of thiophene rings is 1. The minimum atomic E-state index is 0.720. The van der Waals surface area contributed by atoms with E-state index in [1.54, 1.807) is 11.9 Å². The molecule has 1 aliphatic rings. The Balaban J connectivity index is 1.40. The molecule has 0 atom stereocenters. The molecule has 23 heavy (non-hydrogen) atoms. The van der Waals surface area contributed by atoms with Gasteiger partial charge in [0.05, 0.1) is 12.2 Å². The van der Waals surface area contributed by atoms with Gasteiger partial charge in [-0.15, -0.1) is 11.3 Å². The molecule has 0 spiro atoms. The molecule has 0 saturated carbocycles. The van der Waals surface area contributed by atoms with Crippen molar-refractivity contribution < 1.29 is 0 Å². The van der Waals surface area contributed by atoms with E-state index in [4.69, 9.17) is 0 Å². The number of fused-ring (bicyclic) bond motifs is 1. The average molecular weight is 332 g/mol. The molecule has 7 heteroatoms. The lowest BCUT2D eigenvalue weighted by Crippen LogP contribution is -2.42. The Morgan fingerprint density at radius 3 is 3.09 bits per heavy atom. The third-order valence-electron chi connectivity index (χ3n) is 4.19. The van der Waals surface area contributed by atoms with Crippen LogP contribution in [0.25, 0.3) is 0 Å². The van der Waals surface area contributed by atoms with E-state index < -0.39 is 0 Å². The van der Waals surface area contributed by atoms with Gasteiger partial charge in [0.1, 0.15) is 0 Å². The van der Waals surface area contributed by atoms with Gasteiger partial charge in [-0.25, -0.2) is 0 Å². The summed E-state index contributed by atoms with van der Waals surface area (Å²) in [5.74, 6) is 0.833. The van der Waals surface area contributed by atoms with Crippen molar-refractivity contribution in [3.63, 3.8) is 0 Å². The van der Waals surface area contributed by atoms with E-state index in [0.717, 1.165) is 44.4 Å². The number of nitrogens with zero attached hydrogens (tertiary/aromatic N) is 4. The lowest BCUT2D eigenvalue weighted by atomic mass is 10.1. The van der Waals surface area contributed by atoms with Crippen molar-refractivity contribution in [2.45, 2.75) is 19.5 Å². The van der Waals surface area contributed by atoms with Crippen LogP contribution in [0.3, 0.4) is 0 Å². The zero-order chi connectivity index (χ0) is 16.1. The van der Waals surface area contributed by atoms with Gasteiger partial charge in [-0.2, -0.15) is 5.10 Å². The van der Waals surface area contributed by atoms with E-state index in [9.17, 15) is 0 Å². The molecule has 3 heterocycles. The number of guanidine groups is 1. The lowest BCUT2D eigenvalue weighted by Gasteiger charge is -2.27. The summed E-state index contributed by atoms with van der Waals surface area (Å²) in [6, 6.07) is 4.26. The van der Waals surface area contributed by atoms with Gasteiger partial charge >= 0.3 is 0 Å². The predicted octanol–water partition coefficient (Wildman–Crippen LogP) is 1.20. The van der Waals surface area contributed by atoms with Crippen LogP contribution in [-0.2, 0) is 26.6 Å². The van der Waals surface area contributed by atoms with Crippen LogP contribution in [0.2, 0.25) is 0 Å².